The third-order valence-corrected chi connectivity index (χ3v) is 3.10. The molecule has 0 aromatic carbocycles. The molecule has 0 aliphatic rings. The van der Waals surface area contributed by atoms with Gasteiger partial charge in [-0.2, -0.15) is 13.2 Å². The van der Waals surface area contributed by atoms with Gasteiger partial charge in [-0.05, 0) is 13.0 Å². The van der Waals surface area contributed by atoms with Gasteiger partial charge >= 0.3 is 6.18 Å². The first-order chi connectivity index (χ1) is 10.2. The fraction of sp³-hybridized carbons (Fsp3) is 0.385. The minimum Gasteiger partial charge on any atom is -0.392 e. The van der Waals surface area contributed by atoms with Gasteiger partial charge in [0.2, 0.25) is 5.91 Å². The first-order valence-electron chi connectivity index (χ1n) is 6.36. The van der Waals surface area contributed by atoms with E-state index in [0.29, 0.717) is 0 Å². The second-order valence-electron chi connectivity index (χ2n) is 4.87. The van der Waals surface area contributed by atoms with E-state index in [4.69, 9.17) is 16.7 Å². The third kappa shape index (κ3) is 3.89. The highest BCUT2D eigenvalue weighted by atomic mass is 35.5. The molecular weight excluding hydrogens is 323 g/mol. The maximum atomic E-state index is 12.7. The Morgan fingerprint density at radius 1 is 1.50 bits per heavy atom. The van der Waals surface area contributed by atoms with Gasteiger partial charge in [-0.1, -0.05) is 11.6 Å². The van der Waals surface area contributed by atoms with Gasteiger partial charge in [-0.15, -0.1) is 0 Å². The van der Waals surface area contributed by atoms with Crippen molar-refractivity contribution >= 4 is 23.2 Å². The predicted molar refractivity (Wildman–Crippen MR) is 73.6 cm³/mol. The molecule has 0 bridgehead atoms. The first-order valence-corrected chi connectivity index (χ1v) is 6.73. The molecule has 0 fully saturated rings. The molecule has 0 radical (unpaired) electrons. The van der Waals surface area contributed by atoms with Crippen LogP contribution in [0.25, 0.3) is 5.65 Å². The molecule has 5 nitrogen and oxygen atoms in total. The molecule has 0 saturated carbocycles. The third-order valence-electron chi connectivity index (χ3n) is 2.82. The predicted octanol–water partition coefficient (Wildman–Crippen LogP) is 2.05. The van der Waals surface area contributed by atoms with Crippen molar-refractivity contribution in [1.29, 1.82) is 0 Å². The van der Waals surface area contributed by atoms with Crippen LogP contribution in [0.15, 0.2) is 18.5 Å². The molecule has 2 N–H and O–H groups in total. The van der Waals surface area contributed by atoms with Gasteiger partial charge in [0.15, 0.2) is 5.65 Å². The molecule has 2 aromatic rings. The zero-order valence-corrected chi connectivity index (χ0v) is 12.2. The fourth-order valence-electron chi connectivity index (χ4n) is 1.84. The van der Waals surface area contributed by atoms with E-state index in [2.05, 4.69) is 10.3 Å². The summed E-state index contributed by atoms with van der Waals surface area (Å²) in [7, 11) is 0. The molecule has 2 rings (SSSR count). The molecule has 0 saturated heterocycles. The Kier molecular flexibility index (Phi) is 4.62. The quantitative estimate of drug-likeness (QED) is 0.898. The lowest BCUT2D eigenvalue weighted by molar-refractivity contribution is -0.137. The number of rotatable bonds is 4. The average Bonchev–Trinajstić information content (AvgIpc) is 2.78. The van der Waals surface area contributed by atoms with Crippen LogP contribution in [0.1, 0.15) is 18.2 Å². The molecule has 0 spiro atoms. The van der Waals surface area contributed by atoms with Gasteiger partial charge in [-0.3, -0.25) is 4.79 Å². The normalized spacial score (nSPS) is 13.4. The Labute approximate surface area is 128 Å². The lowest BCUT2D eigenvalue weighted by Crippen LogP contribution is -2.31. The maximum absolute atomic E-state index is 12.7. The lowest BCUT2D eigenvalue weighted by Gasteiger charge is -2.07. The summed E-state index contributed by atoms with van der Waals surface area (Å²) in [5.41, 5.74) is -0.468. The minimum absolute atomic E-state index is 0.0885. The minimum atomic E-state index is -4.52. The Balaban J connectivity index is 2.23. The fourth-order valence-corrected chi connectivity index (χ4v) is 2.09. The van der Waals surface area contributed by atoms with E-state index >= 15 is 0 Å². The number of imidazole rings is 1. The van der Waals surface area contributed by atoms with Gasteiger partial charge in [0.05, 0.1) is 28.8 Å². The molecule has 1 amide bonds. The smallest absolute Gasteiger partial charge is 0.392 e. The van der Waals surface area contributed by atoms with Crippen molar-refractivity contribution < 1.29 is 23.1 Å². The van der Waals surface area contributed by atoms with E-state index in [1.165, 1.54) is 13.1 Å². The van der Waals surface area contributed by atoms with E-state index in [-0.39, 0.29) is 29.3 Å². The van der Waals surface area contributed by atoms with Gasteiger partial charge in [-0.25, -0.2) is 4.98 Å². The largest absolute Gasteiger partial charge is 0.417 e. The number of nitrogens with one attached hydrogen (secondary N) is 1. The van der Waals surface area contributed by atoms with Crippen LogP contribution in [-0.4, -0.2) is 33.0 Å². The average molecular weight is 336 g/mol. The number of aliphatic hydroxyl groups is 1. The number of halogens is 4. The molecule has 0 aliphatic carbocycles. The Morgan fingerprint density at radius 3 is 2.77 bits per heavy atom. The molecule has 22 heavy (non-hydrogen) atoms. The molecular formula is C13H13ClF3N3O2. The lowest BCUT2D eigenvalue weighted by atomic mass is 10.3. The number of fused-ring (bicyclic) bond motifs is 1. The van der Waals surface area contributed by atoms with Gasteiger partial charge in [0.25, 0.3) is 0 Å². The van der Waals surface area contributed by atoms with Gasteiger partial charge in [0.1, 0.15) is 0 Å². The number of amides is 1. The number of hydrogen-bond donors (Lipinski definition) is 2. The standard InChI is InChI=1S/C13H13ClF3N3O2/c1-7(21)4-18-11(22)3-9-6-20-5-8(13(15,16)17)2-10(14)12(20)19-9/h2,5-7,21H,3-4H2,1H3,(H,18,22). The molecule has 1 unspecified atom stereocenters. The van der Waals surface area contributed by atoms with Crippen molar-refractivity contribution in [2.75, 3.05) is 6.54 Å². The van der Waals surface area contributed by atoms with Crippen molar-refractivity contribution in [3.63, 3.8) is 0 Å². The number of carbonyl (C=O) groups is 1. The Hall–Kier alpha value is -1.80. The van der Waals surface area contributed by atoms with Gasteiger partial charge in [0, 0.05) is 18.9 Å². The highest BCUT2D eigenvalue weighted by Crippen LogP contribution is 2.32. The Morgan fingerprint density at radius 2 is 2.18 bits per heavy atom. The summed E-state index contributed by atoms with van der Waals surface area (Å²) in [4.78, 5) is 15.7. The van der Waals surface area contributed by atoms with E-state index in [0.717, 1.165) is 16.7 Å². The van der Waals surface area contributed by atoms with Crippen LogP contribution in [0, 0.1) is 0 Å². The van der Waals surface area contributed by atoms with Crippen LogP contribution in [0.3, 0.4) is 0 Å². The van der Waals surface area contributed by atoms with Crippen LogP contribution in [0.4, 0.5) is 13.2 Å². The van der Waals surface area contributed by atoms with Crippen LogP contribution in [-0.2, 0) is 17.4 Å². The van der Waals surface area contributed by atoms with E-state index < -0.39 is 23.8 Å². The Bertz CT molecular complexity index is 698. The molecule has 0 aliphatic heterocycles. The van der Waals surface area contributed by atoms with Gasteiger partial charge < -0.3 is 14.8 Å². The molecule has 9 heteroatoms. The second-order valence-corrected chi connectivity index (χ2v) is 5.27. The summed E-state index contributed by atoms with van der Waals surface area (Å²) in [6, 6.07) is 0.793. The highest BCUT2D eigenvalue weighted by molar-refractivity contribution is 6.33. The molecule has 2 heterocycles. The number of pyridine rings is 1. The zero-order valence-electron chi connectivity index (χ0n) is 11.5. The zero-order chi connectivity index (χ0) is 16.5. The number of aromatic nitrogens is 2. The highest BCUT2D eigenvalue weighted by Gasteiger charge is 2.31. The van der Waals surface area contributed by atoms with E-state index in [1.54, 1.807) is 0 Å². The summed E-state index contributed by atoms with van der Waals surface area (Å²) in [6.07, 6.45) is -3.14. The molecule has 2 aromatic heterocycles. The number of hydrogen-bond acceptors (Lipinski definition) is 3. The van der Waals surface area contributed by atoms with Crippen LogP contribution < -0.4 is 5.32 Å². The summed E-state index contributed by atoms with van der Waals surface area (Å²) in [6.45, 7) is 1.61. The SMILES string of the molecule is CC(O)CNC(=O)Cc1cn2cc(C(F)(F)F)cc(Cl)c2n1. The van der Waals surface area contributed by atoms with E-state index in [9.17, 15) is 18.0 Å². The number of carbonyl (C=O) groups excluding carboxylic acids is 1. The summed E-state index contributed by atoms with van der Waals surface area (Å²) < 4.78 is 39.3. The van der Waals surface area contributed by atoms with Crippen molar-refractivity contribution in [3.8, 4) is 0 Å². The molecule has 120 valence electrons. The monoisotopic (exact) mass is 335 g/mol. The maximum Gasteiger partial charge on any atom is 0.417 e. The summed E-state index contributed by atoms with van der Waals surface area (Å²) in [5.74, 6) is -0.392. The number of aliphatic hydroxyl groups excluding tert-OH is 1. The first kappa shape index (κ1) is 16.6. The van der Waals surface area contributed by atoms with Crippen LogP contribution >= 0.6 is 11.6 Å². The number of nitrogens with zero attached hydrogens (tertiary/aromatic N) is 2. The van der Waals surface area contributed by atoms with Crippen molar-refractivity contribution in [3.05, 3.63) is 34.7 Å². The van der Waals surface area contributed by atoms with Crippen molar-refractivity contribution in [2.45, 2.75) is 25.6 Å². The van der Waals surface area contributed by atoms with Crippen molar-refractivity contribution in [2.24, 2.45) is 0 Å². The topological polar surface area (TPSA) is 66.6 Å². The molecule has 1 atom stereocenters. The summed E-state index contributed by atoms with van der Waals surface area (Å²) in [5, 5.41) is 11.4. The van der Waals surface area contributed by atoms with Crippen LogP contribution in [0.2, 0.25) is 5.02 Å². The van der Waals surface area contributed by atoms with Crippen LogP contribution in [0.5, 0.6) is 0 Å². The number of alkyl halides is 3. The van der Waals surface area contributed by atoms with E-state index in [1.807, 2.05) is 0 Å². The summed E-state index contributed by atoms with van der Waals surface area (Å²) >= 11 is 5.80. The van der Waals surface area contributed by atoms with Crippen molar-refractivity contribution in [1.82, 2.24) is 14.7 Å². The second kappa shape index (κ2) is 6.13.